The molecule has 4 nitrogen and oxygen atoms in total. The Labute approximate surface area is 136 Å². The first kappa shape index (κ1) is 16.2. The van der Waals surface area contributed by atoms with Crippen LogP contribution in [0.2, 0.25) is 0 Å². The summed E-state index contributed by atoms with van der Waals surface area (Å²) in [7, 11) is 1.56. The zero-order chi connectivity index (χ0) is 16.4. The van der Waals surface area contributed by atoms with Gasteiger partial charge in [-0.3, -0.25) is 4.79 Å². The summed E-state index contributed by atoms with van der Waals surface area (Å²) in [5, 5.41) is 6.49. The molecule has 126 valence electrons. The number of hydrogen-bond donors (Lipinski definition) is 2. The number of halogens is 1. The molecular formula is C18H25FN2O2. The van der Waals surface area contributed by atoms with Crippen LogP contribution in [0.1, 0.15) is 44.2 Å². The van der Waals surface area contributed by atoms with E-state index in [9.17, 15) is 9.18 Å². The monoisotopic (exact) mass is 320 g/mol. The number of carbonyl (C=O) groups excluding carboxylic acids is 1. The highest BCUT2D eigenvalue weighted by atomic mass is 19.1. The molecule has 1 unspecified atom stereocenters. The van der Waals surface area contributed by atoms with Gasteiger partial charge in [0.05, 0.1) is 18.6 Å². The molecule has 2 fully saturated rings. The molecule has 2 aliphatic rings. The first-order valence-electron chi connectivity index (χ1n) is 8.42. The number of carbonyl (C=O) groups is 1. The molecule has 1 aromatic carbocycles. The predicted molar refractivity (Wildman–Crippen MR) is 86.8 cm³/mol. The Morgan fingerprint density at radius 1 is 1.48 bits per heavy atom. The zero-order valence-corrected chi connectivity index (χ0v) is 13.8. The molecule has 1 amide bonds. The minimum atomic E-state index is -0.321. The summed E-state index contributed by atoms with van der Waals surface area (Å²) in [4.78, 5) is 13.0. The van der Waals surface area contributed by atoms with Crippen molar-refractivity contribution in [1.82, 2.24) is 10.6 Å². The molecule has 1 aliphatic carbocycles. The molecule has 0 radical (unpaired) electrons. The third-order valence-corrected chi connectivity index (χ3v) is 5.50. The van der Waals surface area contributed by atoms with E-state index in [4.69, 9.17) is 4.74 Å². The second-order valence-electron chi connectivity index (χ2n) is 6.81. The maximum absolute atomic E-state index is 13.6. The Hall–Kier alpha value is -1.62. The molecule has 1 heterocycles. The number of ether oxygens (including phenoxy) is 1. The molecule has 0 aromatic heterocycles. The number of fused-ring (bicyclic) bond motifs is 1. The van der Waals surface area contributed by atoms with Crippen molar-refractivity contribution in [3.8, 4) is 5.75 Å². The summed E-state index contributed by atoms with van der Waals surface area (Å²) in [5.41, 5.74) is 0.378. The average molecular weight is 320 g/mol. The van der Waals surface area contributed by atoms with Crippen LogP contribution in [0.15, 0.2) is 18.2 Å². The molecule has 1 aromatic rings. The van der Waals surface area contributed by atoms with Crippen molar-refractivity contribution in [3.63, 3.8) is 0 Å². The third kappa shape index (κ3) is 2.94. The van der Waals surface area contributed by atoms with E-state index in [1.54, 1.807) is 13.2 Å². The van der Waals surface area contributed by atoms with E-state index in [0.717, 1.165) is 32.4 Å². The predicted octanol–water partition coefficient (Wildman–Crippen LogP) is 2.79. The molecule has 2 N–H and O–H groups in total. The highest BCUT2D eigenvalue weighted by Crippen LogP contribution is 2.44. The van der Waals surface area contributed by atoms with Gasteiger partial charge in [-0.2, -0.15) is 0 Å². The molecule has 23 heavy (non-hydrogen) atoms. The molecule has 0 bridgehead atoms. The van der Waals surface area contributed by atoms with Gasteiger partial charge in [-0.05, 0) is 50.4 Å². The largest absolute Gasteiger partial charge is 0.496 e. The highest BCUT2D eigenvalue weighted by Gasteiger charge is 2.50. The van der Waals surface area contributed by atoms with Crippen LogP contribution in [0.25, 0.3) is 0 Å². The van der Waals surface area contributed by atoms with Crippen molar-refractivity contribution in [1.29, 1.82) is 0 Å². The minimum Gasteiger partial charge on any atom is -0.496 e. The Morgan fingerprint density at radius 2 is 2.30 bits per heavy atom. The zero-order valence-electron chi connectivity index (χ0n) is 13.8. The highest BCUT2D eigenvalue weighted by molar-refractivity contribution is 5.84. The summed E-state index contributed by atoms with van der Waals surface area (Å²) in [5.74, 6) is 0.781. The van der Waals surface area contributed by atoms with Gasteiger partial charge in [-0.25, -0.2) is 4.39 Å². The number of benzene rings is 1. The lowest BCUT2D eigenvalue weighted by Gasteiger charge is -2.38. The summed E-state index contributed by atoms with van der Waals surface area (Å²) in [6, 6.07) is 4.12. The van der Waals surface area contributed by atoms with Crippen molar-refractivity contribution in [2.24, 2.45) is 11.3 Å². The van der Waals surface area contributed by atoms with E-state index < -0.39 is 0 Å². The number of rotatable bonds is 4. The normalized spacial score (nSPS) is 28.0. The van der Waals surface area contributed by atoms with Gasteiger partial charge in [0, 0.05) is 12.1 Å². The molecule has 5 heteroatoms. The van der Waals surface area contributed by atoms with Gasteiger partial charge in [-0.15, -0.1) is 0 Å². The molecule has 1 saturated heterocycles. The molecule has 0 spiro atoms. The van der Waals surface area contributed by atoms with Gasteiger partial charge >= 0.3 is 0 Å². The van der Waals surface area contributed by atoms with E-state index in [0.29, 0.717) is 17.2 Å². The molecular weight excluding hydrogens is 295 g/mol. The van der Waals surface area contributed by atoms with Crippen molar-refractivity contribution >= 4 is 5.91 Å². The average Bonchev–Trinajstić information content (AvgIpc) is 3.00. The lowest BCUT2D eigenvalue weighted by molar-refractivity contribution is -0.134. The second-order valence-corrected chi connectivity index (χ2v) is 6.81. The summed E-state index contributed by atoms with van der Waals surface area (Å²) < 4.78 is 18.9. The van der Waals surface area contributed by atoms with Crippen molar-refractivity contribution < 1.29 is 13.9 Å². The van der Waals surface area contributed by atoms with Crippen LogP contribution in [-0.2, 0) is 4.79 Å². The number of nitrogens with one attached hydrogen (secondary N) is 2. The fourth-order valence-corrected chi connectivity index (χ4v) is 4.15. The molecule has 1 aliphatic heterocycles. The molecule has 3 atom stereocenters. The van der Waals surface area contributed by atoms with Crippen LogP contribution in [0, 0.1) is 17.2 Å². The van der Waals surface area contributed by atoms with E-state index in [2.05, 4.69) is 10.6 Å². The van der Waals surface area contributed by atoms with Crippen molar-refractivity contribution in [3.05, 3.63) is 29.6 Å². The quantitative estimate of drug-likeness (QED) is 0.897. The maximum atomic E-state index is 13.6. The first-order chi connectivity index (χ1) is 11.1. The van der Waals surface area contributed by atoms with E-state index in [-0.39, 0.29) is 23.2 Å². The number of methoxy groups -OCH3 is 1. The molecule has 1 saturated carbocycles. The lowest BCUT2D eigenvalue weighted by Crippen LogP contribution is -2.48. The first-order valence-corrected chi connectivity index (χ1v) is 8.42. The van der Waals surface area contributed by atoms with Crippen molar-refractivity contribution in [2.75, 3.05) is 20.2 Å². The fourth-order valence-electron chi connectivity index (χ4n) is 4.15. The van der Waals surface area contributed by atoms with Gasteiger partial charge in [0.15, 0.2) is 0 Å². The molecule has 3 rings (SSSR count). The lowest BCUT2D eigenvalue weighted by atomic mass is 9.67. The maximum Gasteiger partial charge on any atom is 0.228 e. The Morgan fingerprint density at radius 3 is 3.09 bits per heavy atom. The van der Waals surface area contributed by atoms with Gasteiger partial charge in [0.25, 0.3) is 0 Å². The Bertz CT molecular complexity index is 592. The third-order valence-electron chi connectivity index (χ3n) is 5.50. The van der Waals surface area contributed by atoms with E-state index in [1.807, 2.05) is 6.92 Å². The van der Waals surface area contributed by atoms with Crippen LogP contribution >= 0.6 is 0 Å². The standard InChI is InChI=1S/C18H25FN2O2/c1-12(15-9-14(19)6-7-16(15)23-2)21-17(22)18-8-4-3-5-13(18)10-20-11-18/h6-7,9,12-13,20H,3-5,8,10-11H2,1-2H3,(H,21,22)/t12?,13-,18+/m0/s1. The minimum absolute atomic E-state index is 0.0889. The van der Waals surface area contributed by atoms with E-state index in [1.165, 1.54) is 18.6 Å². The van der Waals surface area contributed by atoms with E-state index >= 15 is 0 Å². The van der Waals surface area contributed by atoms with Gasteiger partial charge in [0.2, 0.25) is 5.91 Å². The van der Waals surface area contributed by atoms with Crippen LogP contribution in [-0.4, -0.2) is 26.1 Å². The van der Waals surface area contributed by atoms with Gasteiger partial charge < -0.3 is 15.4 Å². The van der Waals surface area contributed by atoms with Gasteiger partial charge in [-0.1, -0.05) is 12.8 Å². The second kappa shape index (κ2) is 6.48. The summed E-state index contributed by atoms with van der Waals surface area (Å²) in [6.07, 6.45) is 4.35. The van der Waals surface area contributed by atoms with Crippen LogP contribution in [0.4, 0.5) is 4.39 Å². The Balaban J connectivity index is 1.78. The van der Waals surface area contributed by atoms with Crippen molar-refractivity contribution in [2.45, 2.75) is 38.6 Å². The SMILES string of the molecule is COc1ccc(F)cc1C(C)NC(=O)[C@@]12CCCC[C@H]1CNC2. The fraction of sp³-hybridized carbons (Fsp3) is 0.611. The van der Waals surface area contributed by atoms with Gasteiger partial charge in [0.1, 0.15) is 11.6 Å². The number of amides is 1. The number of hydrogen-bond acceptors (Lipinski definition) is 3. The van der Waals surface area contributed by atoms with Crippen LogP contribution in [0.3, 0.4) is 0 Å². The van der Waals surface area contributed by atoms with Crippen LogP contribution in [0.5, 0.6) is 5.75 Å². The smallest absolute Gasteiger partial charge is 0.228 e. The summed E-state index contributed by atoms with van der Waals surface area (Å²) in [6.45, 7) is 3.55. The Kier molecular flexibility index (Phi) is 4.57. The van der Waals surface area contributed by atoms with Crippen LogP contribution < -0.4 is 15.4 Å². The summed E-state index contributed by atoms with van der Waals surface area (Å²) >= 11 is 0. The topological polar surface area (TPSA) is 50.4 Å².